The SMILES string of the molecule is CN(CCc1cc[nH]c1)C(=O)C(C)(C)CCN. The highest BCUT2D eigenvalue weighted by Gasteiger charge is 2.29. The fourth-order valence-corrected chi connectivity index (χ4v) is 1.90. The average molecular weight is 237 g/mol. The molecular formula is C13H23N3O. The van der Waals surface area contributed by atoms with Gasteiger partial charge in [0.05, 0.1) is 0 Å². The molecule has 0 bridgehead atoms. The maximum absolute atomic E-state index is 12.2. The minimum atomic E-state index is -0.359. The van der Waals surface area contributed by atoms with Crippen molar-refractivity contribution in [1.29, 1.82) is 0 Å². The van der Waals surface area contributed by atoms with E-state index in [0.29, 0.717) is 6.54 Å². The summed E-state index contributed by atoms with van der Waals surface area (Å²) in [4.78, 5) is 17.0. The molecule has 0 unspecified atom stereocenters. The van der Waals surface area contributed by atoms with Gasteiger partial charge in [-0.2, -0.15) is 0 Å². The van der Waals surface area contributed by atoms with E-state index in [1.807, 2.05) is 39.4 Å². The molecule has 1 aromatic rings. The van der Waals surface area contributed by atoms with E-state index in [4.69, 9.17) is 5.73 Å². The van der Waals surface area contributed by atoms with E-state index in [1.165, 1.54) is 5.56 Å². The summed E-state index contributed by atoms with van der Waals surface area (Å²) in [5.74, 6) is 0.165. The maximum Gasteiger partial charge on any atom is 0.228 e. The monoisotopic (exact) mass is 237 g/mol. The van der Waals surface area contributed by atoms with Gasteiger partial charge in [0, 0.05) is 31.4 Å². The third-order valence-corrected chi connectivity index (χ3v) is 3.09. The number of H-pyrrole nitrogens is 1. The summed E-state index contributed by atoms with van der Waals surface area (Å²) < 4.78 is 0. The summed E-state index contributed by atoms with van der Waals surface area (Å²) in [6.45, 7) is 5.19. The van der Waals surface area contributed by atoms with Crippen LogP contribution >= 0.6 is 0 Å². The molecule has 0 atom stereocenters. The van der Waals surface area contributed by atoms with Gasteiger partial charge in [0.15, 0.2) is 0 Å². The van der Waals surface area contributed by atoms with Gasteiger partial charge in [-0.25, -0.2) is 0 Å². The van der Waals surface area contributed by atoms with Gasteiger partial charge in [0.2, 0.25) is 5.91 Å². The first-order valence-corrected chi connectivity index (χ1v) is 6.04. The number of hydrogen-bond acceptors (Lipinski definition) is 2. The number of nitrogens with two attached hydrogens (primary N) is 1. The number of nitrogens with one attached hydrogen (secondary N) is 1. The second-order valence-corrected chi connectivity index (χ2v) is 5.12. The molecule has 17 heavy (non-hydrogen) atoms. The van der Waals surface area contributed by atoms with E-state index in [9.17, 15) is 4.79 Å². The molecule has 1 heterocycles. The van der Waals surface area contributed by atoms with Gasteiger partial charge in [0.1, 0.15) is 0 Å². The first-order chi connectivity index (χ1) is 7.97. The summed E-state index contributed by atoms with van der Waals surface area (Å²) in [6, 6.07) is 2.03. The zero-order valence-corrected chi connectivity index (χ0v) is 11.0. The second-order valence-electron chi connectivity index (χ2n) is 5.12. The van der Waals surface area contributed by atoms with Crippen LogP contribution in [0.3, 0.4) is 0 Å². The highest BCUT2D eigenvalue weighted by atomic mass is 16.2. The van der Waals surface area contributed by atoms with E-state index in [1.54, 1.807) is 4.90 Å². The minimum Gasteiger partial charge on any atom is -0.367 e. The lowest BCUT2D eigenvalue weighted by molar-refractivity contribution is -0.139. The summed E-state index contributed by atoms with van der Waals surface area (Å²) >= 11 is 0. The highest BCUT2D eigenvalue weighted by Crippen LogP contribution is 2.22. The van der Waals surface area contributed by atoms with Crippen LogP contribution in [0.15, 0.2) is 18.5 Å². The van der Waals surface area contributed by atoms with Crippen LogP contribution in [-0.4, -0.2) is 35.9 Å². The molecule has 1 rings (SSSR count). The molecule has 1 amide bonds. The Bertz CT molecular complexity index is 344. The number of carbonyl (C=O) groups is 1. The van der Waals surface area contributed by atoms with E-state index in [2.05, 4.69) is 4.98 Å². The fraction of sp³-hybridized carbons (Fsp3) is 0.615. The van der Waals surface area contributed by atoms with Crippen molar-refractivity contribution >= 4 is 5.91 Å². The van der Waals surface area contributed by atoms with Crippen LogP contribution in [0.25, 0.3) is 0 Å². The number of amides is 1. The first kappa shape index (κ1) is 13.8. The predicted molar refractivity (Wildman–Crippen MR) is 69.6 cm³/mol. The predicted octanol–water partition coefficient (Wildman–Crippen LogP) is 1.39. The molecule has 96 valence electrons. The number of carbonyl (C=O) groups excluding carboxylic acids is 1. The summed E-state index contributed by atoms with van der Waals surface area (Å²) in [6.07, 6.45) is 5.46. The number of rotatable bonds is 6. The van der Waals surface area contributed by atoms with Crippen LogP contribution in [0, 0.1) is 5.41 Å². The topological polar surface area (TPSA) is 62.1 Å². The molecule has 4 nitrogen and oxygen atoms in total. The van der Waals surface area contributed by atoms with Crippen molar-refractivity contribution in [2.75, 3.05) is 20.1 Å². The third kappa shape index (κ3) is 3.89. The second kappa shape index (κ2) is 5.87. The molecule has 3 N–H and O–H groups in total. The first-order valence-electron chi connectivity index (χ1n) is 6.04. The molecule has 0 aliphatic carbocycles. The summed E-state index contributed by atoms with van der Waals surface area (Å²) in [5.41, 5.74) is 6.39. The van der Waals surface area contributed by atoms with Crippen LogP contribution in [0.2, 0.25) is 0 Å². The lowest BCUT2D eigenvalue weighted by atomic mass is 9.87. The molecule has 0 saturated heterocycles. The molecule has 0 aliphatic heterocycles. The van der Waals surface area contributed by atoms with Gasteiger partial charge >= 0.3 is 0 Å². The Morgan fingerprint density at radius 1 is 1.53 bits per heavy atom. The lowest BCUT2D eigenvalue weighted by Gasteiger charge is -2.29. The van der Waals surface area contributed by atoms with Crippen molar-refractivity contribution in [2.45, 2.75) is 26.7 Å². The van der Waals surface area contributed by atoms with Crippen molar-refractivity contribution < 1.29 is 4.79 Å². The average Bonchev–Trinajstić information content (AvgIpc) is 2.77. The van der Waals surface area contributed by atoms with Gasteiger partial charge < -0.3 is 15.6 Å². The van der Waals surface area contributed by atoms with Crippen molar-refractivity contribution in [3.63, 3.8) is 0 Å². The molecule has 4 heteroatoms. The van der Waals surface area contributed by atoms with Crippen molar-refractivity contribution in [3.05, 3.63) is 24.0 Å². The Hall–Kier alpha value is -1.29. The Labute approximate surface area is 103 Å². The Kier molecular flexibility index (Phi) is 4.75. The van der Waals surface area contributed by atoms with Crippen LogP contribution in [0.4, 0.5) is 0 Å². The highest BCUT2D eigenvalue weighted by molar-refractivity contribution is 5.81. The summed E-state index contributed by atoms with van der Waals surface area (Å²) in [7, 11) is 1.85. The normalized spacial score (nSPS) is 11.5. The Morgan fingerprint density at radius 3 is 2.76 bits per heavy atom. The van der Waals surface area contributed by atoms with Crippen LogP contribution in [0.1, 0.15) is 25.8 Å². The fourth-order valence-electron chi connectivity index (χ4n) is 1.90. The number of aromatic amines is 1. The molecule has 0 saturated carbocycles. The zero-order chi connectivity index (χ0) is 12.9. The van der Waals surface area contributed by atoms with Crippen molar-refractivity contribution in [2.24, 2.45) is 11.1 Å². The van der Waals surface area contributed by atoms with E-state index < -0.39 is 0 Å². The number of likely N-dealkylation sites (N-methyl/N-ethyl adjacent to an activating group) is 1. The third-order valence-electron chi connectivity index (χ3n) is 3.09. The molecule has 1 aromatic heterocycles. The Morgan fingerprint density at radius 2 is 2.24 bits per heavy atom. The molecule has 0 spiro atoms. The van der Waals surface area contributed by atoms with Gasteiger partial charge in [-0.1, -0.05) is 13.8 Å². The minimum absolute atomic E-state index is 0.165. The van der Waals surface area contributed by atoms with Crippen molar-refractivity contribution in [3.8, 4) is 0 Å². The van der Waals surface area contributed by atoms with E-state index in [-0.39, 0.29) is 11.3 Å². The number of nitrogens with zero attached hydrogens (tertiary/aromatic N) is 1. The summed E-state index contributed by atoms with van der Waals surface area (Å²) in [5, 5.41) is 0. The number of hydrogen-bond donors (Lipinski definition) is 2. The smallest absolute Gasteiger partial charge is 0.228 e. The van der Waals surface area contributed by atoms with Gasteiger partial charge in [-0.15, -0.1) is 0 Å². The molecule has 0 aliphatic rings. The standard InChI is InChI=1S/C13H23N3O/c1-13(2,6-7-14)12(17)16(3)9-5-11-4-8-15-10-11/h4,8,10,15H,5-7,9,14H2,1-3H3. The molecular weight excluding hydrogens is 214 g/mol. The molecule has 0 aromatic carbocycles. The zero-order valence-electron chi connectivity index (χ0n) is 11.0. The van der Waals surface area contributed by atoms with Gasteiger partial charge in [-0.05, 0) is 31.0 Å². The Balaban J connectivity index is 2.46. The molecule has 0 fully saturated rings. The van der Waals surface area contributed by atoms with E-state index in [0.717, 1.165) is 19.4 Å². The lowest BCUT2D eigenvalue weighted by Crippen LogP contribution is -2.40. The van der Waals surface area contributed by atoms with Crippen LogP contribution < -0.4 is 5.73 Å². The van der Waals surface area contributed by atoms with Crippen LogP contribution in [0.5, 0.6) is 0 Å². The van der Waals surface area contributed by atoms with E-state index >= 15 is 0 Å². The quantitative estimate of drug-likeness (QED) is 0.785. The largest absolute Gasteiger partial charge is 0.367 e. The van der Waals surface area contributed by atoms with Crippen LogP contribution in [-0.2, 0) is 11.2 Å². The maximum atomic E-state index is 12.2. The number of aromatic nitrogens is 1. The van der Waals surface area contributed by atoms with Gasteiger partial charge in [0.25, 0.3) is 0 Å². The molecule has 0 radical (unpaired) electrons. The van der Waals surface area contributed by atoms with Crippen molar-refractivity contribution in [1.82, 2.24) is 9.88 Å². The van der Waals surface area contributed by atoms with Gasteiger partial charge in [-0.3, -0.25) is 4.79 Å².